The van der Waals surface area contributed by atoms with Gasteiger partial charge in [0.2, 0.25) is 5.91 Å². The van der Waals surface area contributed by atoms with Crippen molar-refractivity contribution in [3.63, 3.8) is 0 Å². The van der Waals surface area contributed by atoms with Crippen molar-refractivity contribution in [3.05, 3.63) is 48.3 Å². The summed E-state index contributed by atoms with van der Waals surface area (Å²) in [5, 5.41) is 2.83. The quantitative estimate of drug-likeness (QED) is 0.632. The topological polar surface area (TPSA) is 77.2 Å². The standard InChI is InChI=1S/C16H19N3O2/c1-12-11-13(8-9-18-12)19-16(20)7-4-10-21-15-6-3-2-5-14(15)17/h2-3,5-6,8-9,11H,4,7,10,17H2,1H3,(H,18,19,20). The fraction of sp³-hybridized carbons (Fsp3) is 0.250. The van der Waals surface area contributed by atoms with Crippen LogP contribution in [0.5, 0.6) is 5.75 Å². The highest BCUT2D eigenvalue weighted by Crippen LogP contribution is 2.19. The molecule has 0 aliphatic rings. The molecule has 0 unspecified atom stereocenters. The number of rotatable bonds is 6. The van der Waals surface area contributed by atoms with Crippen LogP contribution >= 0.6 is 0 Å². The molecule has 0 aliphatic heterocycles. The van der Waals surface area contributed by atoms with Gasteiger partial charge in [-0.3, -0.25) is 9.78 Å². The van der Waals surface area contributed by atoms with E-state index in [1.54, 1.807) is 18.3 Å². The summed E-state index contributed by atoms with van der Waals surface area (Å²) in [6, 6.07) is 10.9. The first-order valence-electron chi connectivity index (χ1n) is 6.85. The number of carbonyl (C=O) groups is 1. The molecule has 0 bridgehead atoms. The van der Waals surface area contributed by atoms with Crippen molar-refractivity contribution in [2.24, 2.45) is 0 Å². The van der Waals surface area contributed by atoms with E-state index in [-0.39, 0.29) is 5.91 Å². The van der Waals surface area contributed by atoms with Crippen LogP contribution in [0.15, 0.2) is 42.6 Å². The molecule has 0 aliphatic carbocycles. The van der Waals surface area contributed by atoms with E-state index in [2.05, 4.69) is 10.3 Å². The third-order valence-corrected chi connectivity index (χ3v) is 2.91. The van der Waals surface area contributed by atoms with Crippen molar-refractivity contribution in [1.29, 1.82) is 0 Å². The highest BCUT2D eigenvalue weighted by molar-refractivity contribution is 5.90. The second-order valence-corrected chi connectivity index (χ2v) is 4.72. The molecule has 1 amide bonds. The number of benzene rings is 1. The molecule has 5 nitrogen and oxygen atoms in total. The van der Waals surface area contributed by atoms with E-state index in [0.717, 1.165) is 11.4 Å². The van der Waals surface area contributed by atoms with Crippen LogP contribution in [0, 0.1) is 6.92 Å². The van der Waals surface area contributed by atoms with Gasteiger partial charge in [-0.1, -0.05) is 12.1 Å². The second-order valence-electron chi connectivity index (χ2n) is 4.72. The minimum Gasteiger partial charge on any atom is -0.491 e. The summed E-state index contributed by atoms with van der Waals surface area (Å²) in [6.07, 6.45) is 2.70. The highest BCUT2D eigenvalue weighted by Gasteiger charge is 2.04. The lowest BCUT2D eigenvalue weighted by Crippen LogP contribution is -2.13. The lowest BCUT2D eigenvalue weighted by Gasteiger charge is -2.09. The Balaban J connectivity index is 1.71. The molecule has 0 atom stereocenters. The maximum atomic E-state index is 11.8. The van der Waals surface area contributed by atoms with Gasteiger partial charge in [0.15, 0.2) is 0 Å². The van der Waals surface area contributed by atoms with Gasteiger partial charge in [0.05, 0.1) is 12.3 Å². The fourth-order valence-corrected chi connectivity index (χ4v) is 1.87. The average molecular weight is 285 g/mol. The number of carbonyl (C=O) groups excluding carboxylic acids is 1. The molecule has 110 valence electrons. The van der Waals surface area contributed by atoms with Crippen LogP contribution in [0.25, 0.3) is 0 Å². The Hall–Kier alpha value is -2.56. The summed E-state index contributed by atoms with van der Waals surface area (Å²) in [5.41, 5.74) is 8.01. The predicted octanol–water partition coefficient (Wildman–Crippen LogP) is 2.77. The fourth-order valence-electron chi connectivity index (χ4n) is 1.87. The molecule has 2 rings (SSSR count). The number of amides is 1. The minimum atomic E-state index is -0.0368. The number of nitrogens with zero attached hydrogens (tertiary/aromatic N) is 1. The Bertz CT molecular complexity index is 614. The first-order chi connectivity index (χ1) is 10.1. The largest absolute Gasteiger partial charge is 0.491 e. The van der Waals surface area contributed by atoms with Crippen LogP contribution in [-0.4, -0.2) is 17.5 Å². The summed E-state index contributed by atoms with van der Waals surface area (Å²) in [5.74, 6) is 0.618. The summed E-state index contributed by atoms with van der Waals surface area (Å²) < 4.78 is 5.54. The third kappa shape index (κ3) is 4.80. The maximum absolute atomic E-state index is 11.8. The zero-order valence-electron chi connectivity index (χ0n) is 12.0. The number of hydrogen-bond donors (Lipinski definition) is 2. The number of anilines is 2. The van der Waals surface area contributed by atoms with Gasteiger partial charge < -0.3 is 15.8 Å². The first kappa shape index (κ1) is 14.8. The number of para-hydroxylation sites is 2. The van der Waals surface area contributed by atoms with Gasteiger partial charge in [-0.15, -0.1) is 0 Å². The third-order valence-electron chi connectivity index (χ3n) is 2.91. The monoisotopic (exact) mass is 285 g/mol. The number of nitrogens with one attached hydrogen (secondary N) is 1. The number of aromatic nitrogens is 1. The van der Waals surface area contributed by atoms with Crippen molar-refractivity contribution in [2.45, 2.75) is 19.8 Å². The van der Waals surface area contributed by atoms with E-state index in [1.165, 1.54) is 0 Å². The van der Waals surface area contributed by atoms with E-state index in [1.807, 2.05) is 31.2 Å². The molecule has 0 saturated heterocycles. The maximum Gasteiger partial charge on any atom is 0.224 e. The molecule has 3 N–H and O–H groups in total. The summed E-state index contributed by atoms with van der Waals surface area (Å²) >= 11 is 0. The number of hydrogen-bond acceptors (Lipinski definition) is 4. The van der Waals surface area contributed by atoms with E-state index >= 15 is 0 Å². The number of ether oxygens (including phenoxy) is 1. The number of nitrogen functional groups attached to an aromatic ring is 1. The van der Waals surface area contributed by atoms with Gasteiger partial charge in [-0.2, -0.15) is 0 Å². The highest BCUT2D eigenvalue weighted by atomic mass is 16.5. The number of nitrogens with two attached hydrogens (primary N) is 1. The van der Waals surface area contributed by atoms with Crippen molar-refractivity contribution in [1.82, 2.24) is 4.98 Å². The lowest BCUT2D eigenvalue weighted by atomic mass is 10.2. The molecular weight excluding hydrogens is 266 g/mol. The van der Waals surface area contributed by atoms with Crippen molar-refractivity contribution in [3.8, 4) is 5.75 Å². The molecule has 0 fully saturated rings. The Morgan fingerprint density at radius 1 is 1.33 bits per heavy atom. The molecule has 0 spiro atoms. The first-order valence-corrected chi connectivity index (χ1v) is 6.85. The molecule has 0 saturated carbocycles. The van der Waals surface area contributed by atoms with Crippen LogP contribution in [0.4, 0.5) is 11.4 Å². The van der Waals surface area contributed by atoms with Crippen LogP contribution in [-0.2, 0) is 4.79 Å². The van der Waals surface area contributed by atoms with E-state index in [4.69, 9.17) is 10.5 Å². The number of pyridine rings is 1. The van der Waals surface area contributed by atoms with Crippen LogP contribution in [0.2, 0.25) is 0 Å². The summed E-state index contributed by atoms with van der Waals surface area (Å²) in [7, 11) is 0. The Labute approximate surface area is 124 Å². The van der Waals surface area contributed by atoms with Crippen molar-refractivity contribution >= 4 is 17.3 Å². The normalized spacial score (nSPS) is 10.1. The minimum absolute atomic E-state index is 0.0368. The molecule has 1 aromatic carbocycles. The summed E-state index contributed by atoms with van der Waals surface area (Å²) in [4.78, 5) is 15.9. The van der Waals surface area contributed by atoms with E-state index < -0.39 is 0 Å². The molecule has 0 radical (unpaired) electrons. The summed E-state index contributed by atoms with van der Waals surface area (Å²) in [6.45, 7) is 2.34. The van der Waals surface area contributed by atoms with Crippen molar-refractivity contribution < 1.29 is 9.53 Å². The van der Waals surface area contributed by atoms with E-state index in [0.29, 0.717) is 30.9 Å². The molecule has 21 heavy (non-hydrogen) atoms. The molecule has 2 aromatic rings. The molecule has 1 aromatic heterocycles. The van der Waals surface area contributed by atoms with E-state index in [9.17, 15) is 4.79 Å². The second kappa shape index (κ2) is 7.28. The zero-order chi connectivity index (χ0) is 15.1. The number of aryl methyl sites for hydroxylation is 1. The molecular formula is C16H19N3O2. The van der Waals surface area contributed by atoms with Gasteiger partial charge in [0.1, 0.15) is 5.75 Å². The SMILES string of the molecule is Cc1cc(NC(=O)CCCOc2ccccc2N)ccn1. The van der Waals surface area contributed by atoms with Gasteiger partial charge in [0.25, 0.3) is 0 Å². The Morgan fingerprint density at radius 2 is 2.14 bits per heavy atom. The van der Waals surface area contributed by atoms with Gasteiger partial charge >= 0.3 is 0 Å². The zero-order valence-corrected chi connectivity index (χ0v) is 12.0. The Morgan fingerprint density at radius 3 is 2.90 bits per heavy atom. The lowest BCUT2D eigenvalue weighted by molar-refractivity contribution is -0.116. The Kier molecular flexibility index (Phi) is 5.15. The molecule has 1 heterocycles. The average Bonchev–Trinajstić information content (AvgIpc) is 2.45. The smallest absolute Gasteiger partial charge is 0.224 e. The predicted molar refractivity (Wildman–Crippen MR) is 83.2 cm³/mol. The van der Waals surface area contributed by atoms with Gasteiger partial charge in [0, 0.05) is 24.0 Å². The van der Waals surface area contributed by atoms with Crippen LogP contribution < -0.4 is 15.8 Å². The van der Waals surface area contributed by atoms with Gasteiger partial charge in [-0.05, 0) is 37.6 Å². The van der Waals surface area contributed by atoms with Gasteiger partial charge in [-0.25, -0.2) is 0 Å². The molecule has 5 heteroatoms. The van der Waals surface area contributed by atoms with Crippen LogP contribution in [0.3, 0.4) is 0 Å². The van der Waals surface area contributed by atoms with Crippen LogP contribution in [0.1, 0.15) is 18.5 Å². The van der Waals surface area contributed by atoms with Crippen molar-refractivity contribution in [2.75, 3.05) is 17.7 Å².